The molecule has 1 saturated heterocycles. The third-order valence-corrected chi connectivity index (χ3v) is 5.52. The number of benzene rings is 1. The first-order chi connectivity index (χ1) is 14.2. The molecule has 1 aliphatic heterocycles. The molecule has 3 aromatic rings. The third kappa shape index (κ3) is 4.17. The Kier molecular flexibility index (Phi) is 5.62. The number of nitrogens with one attached hydrogen (secondary N) is 1. The van der Waals surface area contributed by atoms with Crippen LogP contribution in [0.4, 0.5) is 5.82 Å². The molecule has 8 heteroatoms. The van der Waals surface area contributed by atoms with Gasteiger partial charge < -0.3 is 20.4 Å². The zero-order valence-corrected chi connectivity index (χ0v) is 16.6. The van der Waals surface area contributed by atoms with Crippen LogP contribution in [0.15, 0.2) is 36.9 Å². The minimum atomic E-state index is -0.391. The number of piperazine rings is 1. The summed E-state index contributed by atoms with van der Waals surface area (Å²) < 4.78 is 5.38. The molecule has 0 atom stereocenters. The molecule has 1 aromatic carbocycles. The van der Waals surface area contributed by atoms with E-state index in [-0.39, 0.29) is 0 Å². The van der Waals surface area contributed by atoms with E-state index in [9.17, 15) is 4.79 Å². The van der Waals surface area contributed by atoms with Gasteiger partial charge in [-0.15, -0.1) is 0 Å². The lowest BCUT2D eigenvalue weighted by molar-refractivity contribution is 0.100. The molecule has 1 fully saturated rings. The molecule has 8 nitrogen and oxygen atoms in total. The minimum absolute atomic E-state index is 0.391. The van der Waals surface area contributed by atoms with Gasteiger partial charge in [-0.2, -0.15) is 0 Å². The van der Waals surface area contributed by atoms with E-state index < -0.39 is 5.91 Å². The van der Waals surface area contributed by atoms with Gasteiger partial charge in [0.1, 0.15) is 6.33 Å². The molecule has 4 rings (SSSR count). The number of hydrogen-bond donors (Lipinski definition) is 2. The standard InChI is InChI=1S/C21H26N6O2/c1-29-19-13-23-14-25-21(19)27-9-7-26(8-10-27)6-2-3-16-12-24-18-5-4-15(20(22)28)11-17(16)18/h4-5,11-14,24H,2-3,6-10H2,1H3,(H2,22,28). The first-order valence-electron chi connectivity index (χ1n) is 9.87. The van der Waals surface area contributed by atoms with Crippen LogP contribution in [-0.2, 0) is 6.42 Å². The van der Waals surface area contributed by atoms with E-state index in [2.05, 4.69) is 24.8 Å². The Morgan fingerprint density at radius 1 is 1.28 bits per heavy atom. The molecule has 0 unspecified atom stereocenters. The van der Waals surface area contributed by atoms with Crippen molar-refractivity contribution in [1.29, 1.82) is 0 Å². The van der Waals surface area contributed by atoms with Gasteiger partial charge in [0.2, 0.25) is 5.91 Å². The zero-order valence-electron chi connectivity index (χ0n) is 16.6. The minimum Gasteiger partial charge on any atom is -0.491 e. The van der Waals surface area contributed by atoms with Crippen molar-refractivity contribution in [2.24, 2.45) is 5.73 Å². The normalized spacial score (nSPS) is 15.0. The molecule has 3 N–H and O–H groups in total. The number of nitrogens with zero attached hydrogens (tertiary/aromatic N) is 4. The second-order valence-electron chi connectivity index (χ2n) is 7.29. The second kappa shape index (κ2) is 8.48. The number of aromatic nitrogens is 3. The van der Waals surface area contributed by atoms with Crippen LogP contribution in [0.3, 0.4) is 0 Å². The van der Waals surface area contributed by atoms with Gasteiger partial charge in [0.15, 0.2) is 11.6 Å². The smallest absolute Gasteiger partial charge is 0.248 e. The van der Waals surface area contributed by atoms with E-state index in [1.165, 1.54) is 5.56 Å². The molecule has 152 valence electrons. The lowest BCUT2D eigenvalue weighted by Gasteiger charge is -2.35. The topological polar surface area (TPSA) is 100 Å². The van der Waals surface area contributed by atoms with E-state index in [0.29, 0.717) is 5.56 Å². The molecular formula is C21H26N6O2. The van der Waals surface area contributed by atoms with Crippen LogP contribution in [0.5, 0.6) is 5.75 Å². The fraction of sp³-hybridized carbons (Fsp3) is 0.381. The molecule has 0 aliphatic carbocycles. The van der Waals surface area contributed by atoms with Gasteiger partial charge in [-0.25, -0.2) is 9.97 Å². The number of anilines is 1. The number of rotatable bonds is 7. The van der Waals surface area contributed by atoms with Gasteiger partial charge in [0.05, 0.1) is 13.3 Å². The first-order valence-corrected chi connectivity index (χ1v) is 9.87. The maximum absolute atomic E-state index is 11.5. The number of ether oxygens (including phenoxy) is 1. The lowest BCUT2D eigenvalue weighted by Crippen LogP contribution is -2.47. The van der Waals surface area contributed by atoms with Crippen molar-refractivity contribution in [3.63, 3.8) is 0 Å². The Balaban J connectivity index is 1.31. The van der Waals surface area contributed by atoms with Crippen molar-refractivity contribution in [2.75, 3.05) is 44.7 Å². The number of amides is 1. The van der Waals surface area contributed by atoms with Crippen LogP contribution in [-0.4, -0.2) is 65.6 Å². The highest BCUT2D eigenvalue weighted by Gasteiger charge is 2.20. The van der Waals surface area contributed by atoms with Crippen LogP contribution < -0.4 is 15.4 Å². The molecule has 0 saturated carbocycles. The number of carbonyl (C=O) groups is 1. The van der Waals surface area contributed by atoms with E-state index in [1.807, 2.05) is 18.3 Å². The van der Waals surface area contributed by atoms with Crippen LogP contribution in [0.25, 0.3) is 10.9 Å². The highest BCUT2D eigenvalue weighted by molar-refractivity contribution is 5.97. The zero-order chi connectivity index (χ0) is 20.2. The Bertz CT molecular complexity index is 994. The summed E-state index contributed by atoms with van der Waals surface area (Å²) in [4.78, 5) is 27.9. The fourth-order valence-corrected chi connectivity index (χ4v) is 3.91. The predicted molar refractivity (Wildman–Crippen MR) is 112 cm³/mol. The summed E-state index contributed by atoms with van der Waals surface area (Å²) >= 11 is 0. The highest BCUT2D eigenvalue weighted by atomic mass is 16.5. The molecule has 1 amide bonds. The van der Waals surface area contributed by atoms with Crippen LogP contribution >= 0.6 is 0 Å². The maximum atomic E-state index is 11.5. The van der Waals surface area contributed by atoms with Gasteiger partial charge in [0, 0.05) is 48.8 Å². The van der Waals surface area contributed by atoms with E-state index in [4.69, 9.17) is 10.5 Å². The van der Waals surface area contributed by atoms with E-state index in [0.717, 1.165) is 68.0 Å². The van der Waals surface area contributed by atoms with Crippen molar-refractivity contribution in [3.8, 4) is 5.75 Å². The number of nitrogens with two attached hydrogens (primary N) is 1. The molecule has 0 spiro atoms. The van der Waals surface area contributed by atoms with Crippen LogP contribution in [0, 0.1) is 0 Å². The molecule has 3 heterocycles. The van der Waals surface area contributed by atoms with E-state index >= 15 is 0 Å². The first kappa shape index (κ1) is 19.2. The number of H-pyrrole nitrogens is 1. The maximum Gasteiger partial charge on any atom is 0.248 e. The van der Waals surface area contributed by atoms with Gasteiger partial charge >= 0.3 is 0 Å². The number of carbonyl (C=O) groups excluding carboxylic acids is 1. The highest BCUT2D eigenvalue weighted by Crippen LogP contribution is 2.25. The summed E-state index contributed by atoms with van der Waals surface area (Å²) in [5, 5.41) is 1.09. The summed E-state index contributed by atoms with van der Waals surface area (Å²) in [6, 6.07) is 5.56. The summed E-state index contributed by atoms with van der Waals surface area (Å²) in [6.45, 7) is 4.86. The van der Waals surface area contributed by atoms with Gasteiger partial charge in [-0.3, -0.25) is 9.69 Å². The lowest BCUT2D eigenvalue weighted by atomic mass is 10.1. The monoisotopic (exact) mass is 394 g/mol. The van der Waals surface area contributed by atoms with Gasteiger partial charge in [0.25, 0.3) is 0 Å². The number of methoxy groups -OCH3 is 1. The molecule has 1 aliphatic rings. The van der Waals surface area contributed by atoms with Crippen molar-refractivity contribution in [3.05, 3.63) is 48.0 Å². The summed E-state index contributed by atoms with van der Waals surface area (Å²) in [5.74, 6) is 1.19. The molecule has 29 heavy (non-hydrogen) atoms. The Hall–Kier alpha value is -3.13. The number of fused-ring (bicyclic) bond motifs is 1. The summed E-state index contributed by atoms with van der Waals surface area (Å²) in [6.07, 6.45) is 7.33. The largest absolute Gasteiger partial charge is 0.491 e. The predicted octanol–water partition coefficient (Wildman–Crippen LogP) is 1.82. The quantitative estimate of drug-likeness (QED) is 0.634. The average Bonchev–Trinajstić information content (AvgIpc) is 3.16. The van der Waals surface area contributed by atoms with Crippen molar-refractivity contribution in [1.82, 2.24) is 19.9 Å². The van der Waals surface area contributed by atoms with Crippen molar-refractivity contribution < 1.29 is 9.53 Å². The third-order valence-electron chi connectivity index (χ3n) is 5.52. The van der Waals surface area contributed by atoms with Crippen molar-refractivity contribution in [2.45, 2.75) is 12.8 Å². The SMILES string of the molecule is COc1cncnc1N1CCN(CCCc2c[nH]c3ccc(C(N)=O)cc23)CC1. The molecule has 2 aromatic heterocycles. The number of aryl methyl sites for hydroxylation is 1. The summed E-state index contributed by atoms with van der Waals surface area (Å²) in [7, 11) is 1.65. The number of primary amides is 1. The van der Waals surface area contributed by atoms with E-state index in [1.54, 1.807) is 25.7 Å². The molecular weight excluding hydrogens is 368 g/mol. The number of hydrogen-bond acceptors (Lipinski definition) is 6. The Morgan fingerprint density at radius 3 is 2.86 bits per heavy atom. The van der Waals surface area contributed by atoms with Crippen molar-refractivity contribution >= 4 is 22.6 Å². The Labute approximate surface area is 169 Å². The van der Waals surface area contributed by atoms with Crippen LogP contribution in [0.2, 0.25) is 0 Å². The Morgan fingerprint density at radius 2 is 2.10 bits per heavy atom. The summed E-state index contributed by atoms with van der Waals surface area (Å²) in [5.41, 5.74) is 8.24. The molecule has 0 radical (unpaired) electrons. The molecule has 0 bridgehead atoms. The van der Waals surface area contributed by atoms with Gasteiger partial charge in [-0.05, 0) is 43.1 Å². The van der Waals surface area contributed by atoms with Gasteiger partial charge in [-0.1, -0.05) is 0 Å². The number of aromatic amines is 1. The average molecular weight is 394 g/mol. The van der Waals surface area contributed by atoms with Crippen LogP contribution in [0.1, 0.15) is 22.3 Å². The fourth-order valence-electron chi connectivity index (χ4n) is 3.91. The second-order valence-corrected chi connectivity index (χ2v) is 7.29.